The number of aryl methyl sites for hydroxylation is 1. The van der Waals surface area contributed by atoms with Crippen LogP contribution in [0.5, 0.6) is 0 Å². The minimum Gasteiger partial charge on any atom is -0.345 e. The van der Waals surface area contributed by atoms with Crippen molar-refractivity contribution in [1.82, 2.24) is 35.1 Å². The molecule has 1 amide bonds. The highest BCUT2D eigenvalue weighted by atomic mass is 16.1. The molecule has 0 aromatic carbocycles. The highest BCUT2D eigenvalue weighted by Crippen LogP contribution is 2.18. The third-order valence-electron chi connectivity index (χ3n) is 4.22. The summed E-state index contributed by atoms with van der Waals surface area (Å²) in [5, 5.41) is 17.6. The Labute approximate surface area is 143 Å². The van der Waals surface area contributed by atoms with Crippen LogP contribution in [0.1, 0.15) is 40.3 Å². The number of hydrogen-bond acceptors (Lipinski definition) is 5. The first-order valence-corrected chi connectivity index (χ1v) is 7.78. The SMILES string of the molecule is Cc1c([C@H](C)NC(=O)c2cnn(-c3ccc(=O)[nH]n3)c2C)cnn1C. The standard InChI is InChI=1S/C16H19N7O2/c1-9(12-7-17-22(4)10(12)2)19-16(25)13-8-18-23(11(13)3)14-5-6-15(24)21-20-14/h5-9H,1-4H3,(H,19,25)(H,21,24)/t9-/m0/s1. The topological polar surface area (TPSA) is 110 Å². The lowest BCUT2D eigenvalue weighted by atomic mass is 10.1. The fraction of sp³-hybridized carbons (Fsp3) is 0.312. The first kappa shape index (κ1) is 16.6. The van der Waals surface area contributed by atoms with Gasteiger partial charge in [0.2, 0.25) is 0 Å². The van der Waals surface area contributed by atoms with Gasteiger partial charge in [-0.1, -0.05) is 0 Å². The van der Waals surface area contributed by atoms with Crippen molar-refractivity contribution in [3.8, 4) is 5.82 Å². The molecule has 3 aromatic heterocycles. The molecule has 25 heavy (non-hydrogen) atoms. The molecule has 0 bridgehead atoms. The molecule has 3 rings (SSSR count). The van der Waals surface area contributed by atoms with E-state index in [9.17, 15) is 9.59 Å². The summed E-state index contributed by atoms with van der Waals surface area (Å²) in [7, 11) is 1.86. The third-order valence-corrected chi connectivity index (χ3v) is 4.22. The van der Waals surface area contributed by atoms with Crippen LogP contribution in [-0.4, -0.2) is 35.7 Å². The van der Waals surface area contributed by atoms with Gasteiger partial charge < -0.3 is 5.32 Å². The summed E-state index contributed by atoms with van der Waals surface area (Å²) in [5.74, 6) is 0.205. The molecule has 0 unspecified atom stereocenters. The highest BCUT2D eigenvalue weighted by molar-refractivity contribution is 5.95. The van der Waals surface area contributed by atoms with Gasteiger partial charge in [-0.05, 0) is 26.8 Å². The van der Waals surface area contributed by atoms with Gasteiger partial charge in [0.05, 0.1) is 29.7 Å². The maximum Gasteiger partial charge on any atom is 0.264 e. The molecule has 3 heterocycles. The molecule has 0 aliphatic carbocycles. The molecule has 3 aromatic rings. The zero-order valence-corrected chi connectivity index (χ0v) is 14.4. The minimum atomic E-state index is -0.299. The Balaban J connectivity index is 1.82. The zero-order valence-electron chi connectivity index (χ0n) is 14.4. The molecule has 0 radical (unpaired) electrons. The normalized spacial score (nSPS) is 12.2. The Morgan fingerprint density at radius 2 is 1.96 bits per heavy atom. The van der Waals surface area contributed by atoms with E-state index >= 15 is 0 Å². The Morgan fingerprint density at radius 3 is 2.56 bits per heavy atom. The number of carbonyl (C=O) groups excluding carboxylic acids is 1. The van der Waals surface area contributed by atoms with Crippen LogP contribution in [0.15, 0.2) is 29.3 Å². The Hall–Kier alpha value is -3.23. The van der Waals surface area contributed by atoms with Gasteiger partial charge in [0.25, 0.3) is 11.5 Å². The van der Waals surface area contributed by atoms with Gasteiger partial charge >= 0.3 is 0 Å². The van der Waals surface area contributed by atoms with Gasteiger partial charge in [-0.25, -0.2) is 9.78 Å². The molecular weight excluding hydrogens is 322 g/mol. The van der Waals surface area contributed by atoms with E-state index in [0.717, 1.165) is 11.3 Å². The first-order valence-electron chi connectivity index (χ1n) is 7.78. The van der Waals surface area contributed by atoms with Crippen molar-refractivity contribution in [1.29, 1.82) is 0 Å². The van der Waals surface area contributed by atoms with Crippen LogP contribution >= 0.6 is 0 Å². The number of aromatic nitrogens is 6. The van der Waals surface area contributed by atoms with Gasteiger partial charge in [-0.15, -0.1) is 0 Å². The van der Waals surface area contributed by atoms with Crippen LogP contribution in [0.2, 0.25) is 0 Å². The Morgan fingerprint density at radius 1 is 1.20 bits per heavy atom. The average Bonchev–Trinajstić information content (AvgIpc) is 3.12. The van der Waals surface area contributed by atoms with Crippen LogP contribution < -0.4 is 10.9 Å². The molecule has 0 saturated carbocycles. The molecule has 9 heteroatoms. The number of rotatable bonds is 4. The summed E-state index contributed by atoms with van der Waals surface area (Å²) in [6, 6.07) is 2.72. The number of amides is 1. The molecule has 0 aliphatic heterocycles. The number of nitrogens with one attached hydrogen (secondary N) is 2. The van der Waals surface area contributed by atoms with Crippen molar-refractivity contribution < 1.29 is 4.79 Å². The minimum absolute atomic E-state index is 0.185. The van der Waals surface area contributed by atoms with Crippen molar-refractivity contribution in [3.63, 3.8) is 0 Å². The Kier molecular flexibility index (Phi) is 4.22. The van der Waals surface area contributed by atoms with Crippen LogP contribution in [-0.2, 0) is 7.05 Å². The molecule has 0 spiro atoms. The predicted octanol–water partition coefficient (Wildman–Crippen LogP) is 0.797. The summed E-state index contributed by atoms with van der Waals surface area (Å²) in [4.78, 5) is 23.7. The van der Waals surface area contributed by atoms with Crippen LogP contribution in [0, 0.1) is 13.8 Å². The molecule has 130 valence electrons. The van der Waals surface area contributed by atoms with Crippen LogP contribution in [0.3, 0.4) is 0 Å². The second kappa shape index (κ2) is 6.34. The fourth-order valence-electron chi connectivity index (χ4n) is 2.61. The van der Waals surface area contributed by atoms with E-state index in [1.165, 1.54) is 16.9 Å². The number of H-pyrrole nitrogens is 1. The van der Waals surface area contributed by atoms with Gasteiger partial charge in [0, 0.05) is 24.4 Å². The second-order valence-electron chi connectivity index (χ2n) is 5.84. The van der Waals surface area contributed by atoms with Crippen LogP contribution in [0.4, 0.5) is 0 Å². The lowest BCUT2D eigenvalue weighted by Crippen LogP contribution is -2.27. The van der Waals surface area contributed by atoms with Crippen LogP contribution in [0.25, 0.3) is 5.82 Å². The van der Waals surface area contributed by atoms with Gasteiger partial charge in [-0.2, -0.15) is 15.3 Å². The summed E-state index contributed by atoms with van der Waals surface area (Å²) < 4.78 is 3.27. The van der Waals surface area contributed by atoms with Crippen molar-refractivity contribution in [2.24, 2.45) is 7.05 Å². The van der Waals surface area contributed by atoms with E-state index < -0.39 is 0 Å². The molecule has 0 fully saturated rings. The number of carbonyl (C=O) groups is 1. The predicted molar refractivity (Wildman–Crippen MR) is 90.5 cm³/mol. The van der Waals surface area contributed by atoms with E-state index in [0.29, 0.717) is 17.1 Å². The van der Waals surface area contributed by atoms with Crippen molar-refractivity contribution in [2.75, 3.05) is 0 Å². The zero-order chi connectivity index (χ0) is 18.1. The van der Waals surface area contributed by atoms with E-state index in [2.05, 4.69) is 25.7 Å². The highest BCUT2D eigenvalue weighted by Gasteiger charge is 2.20. The maximum atomic E-state index is 12.6. The maximum absolute atomic E-state index is 12.6. The van der Waals surface area contributed by atoms with E-state index in [1.807, 2.05) is 20.9 Å². The van der Waals surface area contributed by atoms with Crippen molar-refractivity contribution in [3.05, 3.63) is 57.4 Å². The monoisotopic (exact) mass is 341 g/mol. The second-order valence-corrected chi connectivity index (χ2v) is 5.84. The molecule has 0 saturated heterocycles. The van der Waals surface area contributed by atoms with E-state index in [1.54, 1.807) is 23.9 Å². The smallest absolute Gasteiger partial charge is 0.264 e. The third kappa shape index (κ3) is 3.08. The molecule has 2 N–H and O–H groups in total. The molecular formula is C16H19N7O2. The lowest BCUT2D eigenvalue weighted by molar-refractivity contribution is 0.0939. The van der Waals surface area contributed by atoms with E-state index in [-0.39, 0.29) is 17.5 Å². The quantitative estimate of drug-likeness (QED) is 0.729. The molecule has 1 atom stereocenters. The number of nitrogens with zero attached hydrogens (tertiary/aromatic N) is 5. The van der Waals surface area contributed by atoms with Crippen molar-refractivity contribution >= 4 is 5.91 Å². The summed E-state index contributed by atoms with van der Waals surface area (Å²) in [6.45, 7) is 5.63. The number of hydrogen-bond donors (Lipinski definition) is 2. The summed E-state index contributed by atoms with van der Waals surface area (Å²) in [6.07, 6.45) is 3.24. The van der Waals surface area contributed by atoms with Gasteiger partial charge in [-0.3, -0.25) is 14.3 Å². The van der Waals surface area contributed by atoms with Gasteiger partial charge in [0.1, 0.15) is 0 Å². The average molecular weight is 341 g/mol. The number of aromatic amines is 1. The summed E-state index contributed by atoms with van der Waals surface area (Å²) >= 11 is 0. The van der Waals surface area contributed by atoms with Gasteiger partial charge in [0.15, 0.2) is 5.82 Å². The molecule has 9 nitrogen and oxygen atoms in total. The summed E-state index contributed by atoms with van der Waals surface area (Å²) in [5.41, 5.74) is 2.74. The first-order chi connectivity index (χ1) is 11.9. The fourth-order valence-corrected chi connectivity index (χ4v) is 2.61. The molecule has 0 aliphatic rings. The lowest BCUT2D eigenvalue weighted by Gasteiger charge is -2.13. The Bertz CT molecular complexity index is 962. The van der Waals surface area contributed by atoms with E-state index in [4.69, 9.17) is 0 Å². The largest absolute Gasteiger partial charge is 0.345 e. The van der Waals surface area contributed by atoms with Crippen molar-refractivity contribution in [2.45, 2.75) is 26.8 Å².